The summed E-state index contributed by atoms with van der Waals surface area (Å²) in [6, 6.07) is 14.2. The van der Waals surface area contributed by atoms with Crippen molar-refractivity contribution in [1.82, 2.24) is 19.6 Å². The maximum atomic E-state index is 11.1. The molecule has 0 saturated carbocycles. The molecule has 0 saturated heterocycles. The molecule has 2 aromatic heterocycles. The predicted octanol–water partition coefficient (Wildman–Crippen LogP) is 3.24. The molecule has 0 aliphatic carbocycles. The highest BCUT2D eigenvalue weighted by molar-refractivity contribution is 5.94. The second-order valence-corrected chi connectivity index (χ2v) is 5.29. The minimum atomic E-state index is -0.421. The second kappa shape index (κ2) is 5.27. The standard InChI is InChI=1S/C16H12N6O2/c1-10-19-20-16-18-15(17-11-5-3-2-4-6-11)13-8-7-12(22(23)24)9-14(13)21(10)16/h2-9H,1H3,(H,17,18,20). The van der Waals surface area contributed by atoms with Crippen LogP contribution in [-0.4, -0.2) is 24.5 Å². The number of nitrogens with zero attached hydrogens (tertiary/aromatic N) is 5. The summed E-state index contributed by atoms with van der Waals surface area (Å²) in [6.07, 6.45) is 0. The monoisotopic (exact) mass is 320 g/mol. The molecule has 2 aromatic carbocycles. The first kappa shape index (κ1) is 14.1. The Morgan fingerprint density at radius 2 is 1.92 bits per heavy atom. The van der Waals surface area contributed by atoms with Crippen LogP contribution in [0.4, 0.5) is 17.2 Å². The van der Waals surface area contributed by atoms with Crippen LogP contribution in [0.1, 0.15) is 5.82 Å². The molecule has 0 unspecified atom stereocenters. The summed E-state index contributed by atoms with van der Waals surface area (Å²) in [5, 5.41) is 23.2. The molecule has 0 aliphatic rings. The zero-order chi connectivity index (χ0) is 16.7. The van der Waals surface area contributed by atoms with Crippen molar-refractivity contribution in [3.8, 4) is 0 Å². The van der Waals surface area contributed by atoms with Gasteiger partial charge in [-0.05, 0) is 25.1 Å². The van der Waals surface area contributed by atoms with Gasteiger partial charge >= 0.3 is 0 Å². The number of hydrogen-bond acceptors (Lipinski definition) is 6. The zero-order valence-corrected chi connectivity index (χ0v) is 12.7. The van der Waals surface area contributed by atoms with Gasteiger partial charge in [0, 0.05) is 23.2 Å². The summed E-state index contributed by atoms with van der Waals surface area (Å²) in [4.78, 5) is 15.2. The molecule has 8 heteroatoms. The van der Waals surface area contributed by atoms with Crippen molar-refractivity contribution in [2.45, 2.75) is 6.92 Å². The van der Waals surface area contributed by atoms with Crippen molar-refractivity contribution in [3.63, 3.8) is 0 Å². The van der Waals surface area contributed by atoms with Crippen molar-refractivity contribution in [2.24, 2.45) is 0 Å². The van der Waals surface area contributed by atoms with Crippen LogP contribution in [0.15, 0.2) is 48.5 Å². The van der Waals surface area contributed by atoms with Crippen molar-refractivity contribution in [1.29, 1.82) is 0 Å². The number of anilines is 2. The van der Waals surface area contributed by atoms with Gasteiger partial charge in [-0.25, -0.2) is 0 Å². The number of non-ortho nitro benzene ring substituents is 1. The maximum absolute atomic E-state index is 11.1. The number of aryl methyl sites for hydroxylation is 1. The third kappa shape index (κ3) is 2.21. The SMILES string of the molecule is Cc1nnc2nc(Nc3ccccc3)c3ccc([N+](=O)[O-])cc3n12. The van der Waals surface area contributed by atoms with E-state index in [1.165, 1.54) is 12.1 Å². The fourth-order valence-corrected chi connectivity index (χ4v) is 2.64. The highest BCUT2D eigenvalue weighted by Crippen LogP contribution is 2.29. The normalized spacial score (nSPS) is 11.0. The highest BCUT2D eigenvalue weighted by atomic mass is 16.6. The summed E-state index contributed by atoms with van der Waals surface area (Å²) in [5.41, 5.74) is 1.51. The number of rotatable bonds is 3. The summed E-state index contributed by atoms with van der Waals surface area (Å²) in [5.74, 6) is 1.58. The Labute approximate surface area is 135 Å². The summed E-state index contributed by atoms with van der Waals surface area (Å²) >= 11 is 0. The molecule has 0 amide bonds. The van der Waals surface area contributed by atoms with Gasteiger partial charge < -0.3 is 5.32 Å². The van der Waals surface area contributed by atoms with Gasteiger partial charge in [0.2, 0.25) is 0 Å². The minimum absolute atomic E-state index is 0.00811. The van der Waals surface area contributed by atoms with E-state index in [1.54, 1.807) is 17.4 Å². The van der Waals surface area contributed by atoms with Gasteiger partial charge in [-0.15, -0.1) is 10.2 Å². The number of fused-ring (bicyclic) bond motifs is 3. The molecule has 0 radical (unpaired) electrons. The second-order valence-electron chi connectivity index (χ2n) is 5.29. The van der Waals surface area contributed by atoms with Crippen molar-refractivity contribution >= 4 is 33.9 Å². The van der Waals surface area contributed by atoms with Crippen molar-refractivity contribution < 1.29 is 4.92 Å². The van der Waals surface area contributed by atoms with Crippen LogP contribution in [0.25, 0.3) is 16.7 Å². The average molecular weight is 320 g/mol. The van der Waals surface area contributed by atoms with E-state index < -0.39 is 4.92 Å². The third-order valence-electron chi connectivity index (χ3n) is 3.74. The van der Waals surface area contributed by atoms with Gasteiger partial charge in [-0.3, -0.25) is 14.5 Å². The molecule has 118 valence electrons. The Bertz CT molecular complexity index is 1070. The lowest BCUT2D eigenvalue weighted by Gasteiger charge is -2.10. The van der Waals surface area contributed by atoms with Crippen molar-refractivity contribution in [2.75, 3.05) is 5.32 Å². The topological polar surface area (TPSA) is 98.2 Å². The van der Waals surface area contributed by atoms with Gasteiger partial charge in [0.1, 0.15) is 11.6 Å². The lowest BCUT2D eigenvalue weighted by Crippen LogP contribution is -2.01. The fourth-order valence-electron chi connectivity index (χ4n) is 2.64. The number of para-hydroxylation sites is 1. The molecule has 24 heavy (non-hydrogen) atoms. The number of nitro benzene ring substituents is 1. The first-order valence-corrected chi connectivity index (χ1v) is 7.25. The summed E-state index contributed by atoms with van der Waals surface area (Å²) < 4.78 is 1.71. The Kier molecular flexibility index (Phi) is 3.09. The average Bonchev–Trinajstić information content (AvgIpc) is 2.96. The number of nitro groups is 1. The molecule has 0 aliphatic heterocycles. The molecular formula is C16H12N6O2. The lowest BCUT2D eigenvalue weighted by molar-refractivity contribution is -0.384. The van der Waals surface area contributed by atoms with Crippen LogP contribution in [0, 0.1) is 17.0 Å². The van der Waals surface area contributed by atoms with Crippen molar-refractivity contribution in [3.05, 3.63) is 64.5 Å². The first-order valence-electron chi connectivity index (χ1n) is 7.25. The molecule has 4 rings (SSSR count). The first-order chi connectivity index (χ1) is 11.6. The quantitative estimate of drug-likeness (QED) is 0.459. The van der Waals surface area contributed by atoms with Gasteiger partial charge in [-0.1, -0.05) is 18.2 Å². The Balaban J connectivity index is 2.00. The molecule has 8 nitrogen and oxygen atoms in total. The van der Waals surface area contributed by atoms with Crippen LogP contribution in [-0.2, 0) is 0 Å². The van der Waals surface area contributed by atoms with Crippen LogP contribution in [0.3, 0.4) is 0 Å². The predicted molar refractivity (Wildman–Crippen MR) is 89.4 cm³/mol. The van der Waals surface area contributed by atoms with Gasteiger partial charge in [0.15, 0.2) is 0 Å². The van der Waals surface area contributed by atoms with E-state index in [0.717, 1.165) is 11.1 Å². The van der Waals surface area contributed by atoms with Crippen LogP contribution >= 0.6 is 0 Å². The minimum Gasteiger partial charge on any atom is -0.340 e. The van der Waals surface area contributed by atoms with E-state index in [-0.39, 0.29) is 5.69 Å². The van der Waals surface area contributed by atoms with Gasteiger partial charge in [0.05, 0.1) is 10.4 Å². The van der Waals surface area contributed by atoms with Crippen LogP contribution in [0.2, 0.25) is 0 Å². The lowest BCUT2D eigenvalue weighted by atomic mass is 10.2. The maximum Gasteiger partial charge on any atom is 0.271 e. The zero-order valence-electron chi connectivity index (χ0n) is 12.7. The molecule has 1 N–H and O–H groups in total. The number of benzene rings is 2. The molecule has 0 atom stereocenters. The van der Waals surface area contributed by atoms with Crippen LogP contribution in [0.5, 0.6) is 0 Å². The Hall–Kier alpha value is -3.55. The van der Waals surface area contributed by atoms with E-state index in [0.29, 0.717) is 22.9 Å². The smallest absolute Gasteiger partial charge is 0.271 e. The number of nitrogens with one attached hydrogen (secondary N) is 1. The molecule has 0 bridgehead atoms. The van der Waals surface area contributed by atoms with E-state index in [9.17, 15) is 10.1 Å². The van der Waals surface area contributed by atoms with Gasteiger partial charge in [0.25, 0.3) is 11.5 Å². The van der Waals surface area contributed by atoms with E-state index in [2.05, 4.69) is 20.5 Å². The van der Waals surface area contributed by atoms with E-state index in [4.69, 9.17) is 0 Å². The number of hydrogen-bond donors (Lipinski definition) is 1. The third-order valence-corrected chi connectivity index (χ3v) is 3.74. The largest absolute Gasteiger partial charge is 0.340 e. The highest BCUT2D eigenvalue weighted by Gasteiger charge is 2.15. The molecular weight excluding hydrogens is 308 g/mol. The molecule has 0 spiro atoms. The molecule has 4 aromatic rings. The Morgan fingerprint density at radius 3 is 2.67 bits per heavy atom. The van der Waals surface area contributed by atoms with E-state index in [1.807, 2.05) is 30.3 Å². The number of aromatic nitrogens is 4. The Morgan fingerprint density at radius 1 is 1.12 bits per heavy atom. The summed E-state index contributed by atoms with van der Waals surface area (Å²) in [6.45, 7) is 1.78. The van der Waals surface area contributed by atoms with Gasteiger partial charge in [-0.2, -0.15) is 4.98 Å². The van der Waals surface area contributed by atoms with E-state index >= 15 is 0 Å². The fraction of sp³-hybridized carbons (Fsp3) is 0.0625. The molecule has 0 fully saturated rings. The molecule has 2 heterocycles. The van der Waals surface area contributed by atoms with Crippen LogP contribution < -0.4 is 5.32 Å². The summed E-state index contributed by atoms with van der Waals surface area (Å²) in [7, 11) is 0.